The van der Waals surface area contributed by atoms with Crippen molar-refractivity contribution >= 4 is 11.6 Å². The van der Waals surface area contributed by atoms with Gasteiger partial charge in [0.25, 0.3) is 0 Å². The van der Waals surface area contributed by atoms with E-state index in [0.29, 0.717) is 30.4 Å². The van der Waals surface area contributed by atoms with E-state index >= 15 is 0 Å². The van der Waals surface area contributed by atoms with E-state index in [1.165, 1.54) is 6.20 Å². The van der Waals surface area contributed by atoms with Gasteiger partial charge < -0.3 is 5.32 Å². The third-order valence-electron chi connectivity index (χ3n) is 2.47. The number of aromatic nitrogens is 2. The van der Waals surface area contributed by atoms with Gasteiger partial charge in [-0.1, -0.05) is 18.5 Å². The first-order valence-corrected chi connectivity index (χ1v) is 5.16. The highest BCUT2D eigenvalue weighted by molar-refractivity contribution is 6.31. The second-order valence-corrected chi connectivity index (χ2v) is 4.04. The minimum Gasteiger partial charge on any atom is -0.309 e. The molecule has 0 aliphatic carbocycles. The van der Waals surface area contributed by atoms with Gasteiger partial charge in [-0.3, -0.25) is 4.68 Å². The zero-order valence-electron chi connectivity index (χ0n) is 8.06. The molecule has 0 aromatic carbocycles. The van der Waals surface area contributed by atoms with Crippen LogP contribution in [0.3, 0.4) is 0 Å². The number of halogens is 2. The fourth-order valence-corrected chi connectivity index (χ4v) is 2.01. The Morgan fingerprint density at radius 1 is 1.71 bits per heavy atom. The van der Waals surface area contributed by atoms with Crippen molar-refractivity contribution in [1.82, 2.24) is 15.1 Å². The van der Waals surface area contributed by atoms with Gasteiger partial charge in [-0.25, -0.2) is 4.39 Å². The number of hydrogen-bond donors (Lipinski definition) is 1. The Balaban J connectivity index is 2.34. The molecule has 0 saturated carbocycles. The van der Waals surface area contributed by atoms with Crippen LogP contribution in [-0.2, 0) is 12.2 Å². The highest BCUT2D eigenvalue weighted by Gasteiger charge is 2.43. The minimum absolute atomic E-state index is 0.335. The van der Waals surface area contributed by atoms with Crippen LogP contribution in [0.4, 0.5) is 4.39 Å². The average Bonchev–Trinajstić information content (AvgIpc) is 2.45. The van der Waals surface area contributed by atoms with Crippen LogP contribution in [-0.4, -0.2) is 22.9 Å². The second-order valence-electron chi connectivity index (χ2n) is 3.63. The summed E-state index contributed by atoms with van der Waals surface area (Å²) in [6.45, 7) is 3.42. The largest absolute Gasteiger partial charge is 0.309 e. The molecule has 1 aliphatic heterocycles. The van der Waals surface area contributed by atoms with Gasteiger partial charge in [-0.05, 0) is 6.42 Å². The summed E-state index contributed by atoms with van der Waals surface area (Å²) in [5.74, 6) is 0. The van der Waals surface area contributed by atoms with E-state index in [2.05, 4.69) is 10.4 Å². The quantitative estimate of drug-likeness (QED) is 0.836. The summed E-state index contributed by atoms with van der Waals surface area (Å²) < 4.78 is 15.8. The number of rotatable bonds is 3. The molecule has 0 radical (unpaired) electrons. The van der Waals surface area contributed by atoms with Gasteiger partial charge in [0.15, 0.2) is 5.67 Å². The summed E-state index contributed by atoms with van der Waals surface area (Å²) in [7, 11) is 0. The van der Waals surface area contributed by atoms with Crippen molar-refractivity contribution in [3.63, 3.8) is 0 Å². The second kappa shape index (κ2) is 3.51. The molecule has 1 aromatic rings. The maximum Gasteiger partial charge on any atom is 0.178 e. The highest BCUT2D eigenvalue weighted by Crippen LogP contribution is 2.34. The molecule has 0 spiro atoms. The zero-order chi connectivity index (χ0) is 10.2. The molecular formula is C9H13ClFN3. The predicted molar refractivity (Wildman–Crippen MR) is 53.2 cm³/mol. The van der Waals surface area contributed by atoms with Crippen molar-refractivity contribution in [3.05, 3.63) is 16.9 Å². The third-order valence-corrected chi connectivity index (χ3v) is 2.74. The smallest absolute Gasteiger partial charge is 0.178 e. The van der Waals surface area contributed by atoms with Gasteiger partial charge in [-0.15, -0.1) is 0 Å². The number of nitrogens with zero attached hydrogens (tertiary/aromatic N) is 2. The van der Waals surface area contributed by atoms with E-state index in [4.69, 9.17) is 11.6 Å². The lowest BCUT2D eigenvalue weighted by Gasteiger charge is -2.35. The molecule has 2 rings (SSSR count). The fraction of sp³-hybridized carbons (Fsp3) is 0.667. The molecule has 1 fully saturated rings. The maximum atomic E-state index is 14.1. The lowest BCUT2D eigenvalue weighted by atomic mass is 9.95. The van der Waals surface area contributed by atoms with Crippen LogP contribution in [0.5, 0.6) is 0 Å². The Bertz CT molecular complexity index is 333. The molecule has 14 heavy (non-hydrogen) atoms. The first kappa shape index (κ1) is 9.93. The molecule has 0 unspecified atom stereocenters. The van der Waals surface area contributed by atoms with Crippen LogP contribution in [0.15, 0.2) is 6.20 Å². The first-order chi connectivity index (χ1) is 6.67. The molecule has 1 aromatic heterocycles. The number of nitrogens with one attached hydrogen (secondary N) is 1. The molecule has 78 valence electrons. The van der Waals surface area contributed by atoms with Crippen molar-refractivity contribution in [2.24, 2.45) is 0 Å². The van der Waals surface area contributed by atoms with E-state index in [9.17, 15) is 4.39 Å². The molecule has 0 atom stereocenters. The van der Waals surface area contributed by atoms with Crippen LogP contribution >= 0.6 is 11.6 Å². The van der Waals surface area contributed by atoms with E-state index in [1.54, 1.807) is 4.68 Å². The lowest BCUT2D eigenvalue weighted by Crippen LogP contribution is -2.54. The molecular weight excluding hydrogens is 205 g/mol. The van der Waals surface area contributed by atoms with Gasteiger partial charge in [0.05, 0.1) is 16.9 Å². The number of aryl methyl sites for hydroxylation is 1. The van der Waals surface area contributed by atoms with Crippen LogP contribution in [0.2, 0.25) is 5.02 Å². The topological polar surface area (TPSA) is 29.9 Å². The van der Waals surface area contributed by atoms with Crippen LogP contribution in [0, 0.1) is 0 Å². The van der Waals surface area contributed by atoms with E-state index < -0.39 is 5.67 Å². The molecule has 1 saturated heterocycles. The molecule has 3 nitrogen and oxygen atoms in total. The normalized spacial score (nSPS) is 19.4. The van der Waals surface area contributed by atoms with Gasteiger partial charge >= 0.3 is 0 Å². The average molecular weight is 218 g/mol. The van der Waals surface area contributed by atoms with E-state index in [0.717, 1.165) is 6.42 Å². The van der Waals surface area contributed by atoms with Crippen molar-refractivity contribution in [2.75, 3.05) is 13.1 Å². The van der Waals surface area contributed by atoms with E-state index in [-0.39, 0.29) is 0 Å². The molecule has 2 heterocycles. The molecule has 0 bridgehead atoms. The minimum atomic E-state index is -1.32. The first-order valence-electron chi connectivity index (χ1n) is 4.79. The number of hydrogen-bond acceptors (Lipinski definition) is 2. The Morgan fingerprint density at radius 2 is 2.43 bits per heavy atom. The van der Waals surface area contributed by atoms with Crippen molar-refractivity contribution in [1.29, 1.82) is 0 Å². The standard InChI is InChI=1S/C9H13ClFN3/c1-2-3-14-8(7(10)4-13-14)9(11)5-12-6-9/h4,12H,2-3,5-6H2,1H3. The number of alkyl halides is 1. The predicted octanol–water partition coefficient (Wildman–Crippen LogP) is 1.71. The van der Waals surface area contributed by atoms with Gasteiger partial charge in [0, 0.05) is 19.6 Å². The van der Waals surface area contributed by atoms with Gasteiger partial charge in [-0.2, -0.15) is 5.10 Å². The summed E-state index contributed by atoms with van der Waals surface area (Å²) >= 11 is 5.93. The summed E-state index contributed by atoms with van der Waals surface area (Å²) in [5.41, 5.74) is -0.789. The van der Waals surface area contributed by atoms with Crippen LogP contribution < -0.4 is 5.32 Å². The molecule has 1 aliphatic rings. The van der Waals surface area contributed by atoms with Crippen molar-refractivity contribution < 1.29 is 4.39 Å². The molecule has 0 amide bonds. The molecule has 5 heteroatoms. The highest BCUT2D eigenvalue weighted by atomic mass is 35.5. The van der Waals surface area contributed by atoms with Crippen molar-refractivity contribution in [3.8, 4) is 0 Å². The monoisotopic (exact) mass is 217 g/mol. The Hall–Kier alpha value is -0.610. The third kappa shape index (κ3) is 1.42. The van der Waals surface area contributed by atoms with Crippen LogP contribution in [0.1, 0.15) is 19.0 Å². The summed E-state index contributed by atoms with van der Waals surface area (Å²) in [6.07, 6.45) is 2.45. The molecule has 1 N–H and O–H groups in total. The summed E-state index contributed by atoms with van der Waals surface area (Å²) in [4.78, 5) is 0. The Labute approximate surface area is 87.2 Å². The summed E-state index contributed by atoms with van der Waals surface area (Å²) in [5, 5.41) is 7.42. The maximum absolute atomic E-state index is 14.1. The summed E-state index contributed by atoms with van der Waals surface area (Å²) in [6, 6.07) is 0. The van der Waals surface area contributed by atoms with E-state index in [1.807, 2.05) is 6.92 Å². The Morgan fingerprint density at radius 3 is 2.93 bits per heavy atom. The fourth-order valence-electron chi connectivity index (χ4n) is 1.70. The zero-order valence-corrected chi connectivity index (χ0v) is 8.81. The van der Waals surface area contributed by atoms with Crippen LogP contribution in [0.25, 0.3) is 0 Å². The van der Waals surface area contributed by atoms with Gasteiger partial charge in [0.2, 0.25) is 0 Å². The lowest BCUT2D eigenvalue weighted by molar-refractivity contribution is 0.0780. The van der Waals surface area contributed by atoms with Crippen molar-refractivity contribution in [2.45, 2.75) is 25.6 Å². The SMILES string of the molecule is CCCn1ncc(Cl)c1C1(F)CNC1. The van der Waals surface area contributed by atoms with Gasteiger partial charge in [0.1, 0.15) is 0 Å². The Kier molecular flexibility index (Phi) is 2.49.